The van der Waals surface area contributed by atoms with Crippen LogP contribution in [0, 0.1) is 6.92 Å². The Bertz CT molecular complexity index is 890. The summed E-state index contributed by atoms with van der Waals surface area (Å²) in [7, 11) is 1.63. The molecule has 1 N–H and O–H groups in total. The van der Waals surface area contributed by atoms with Crippen LogP contribution in [-0.2, 0) is 0 Å². The van der Waals surface area contributed by atoms with Crippen molar-refractivity contribution in [1.29, 1.82) is 0 Å². The first kappa shape index (κ1) is 16.0. The Balaban J connectivity index is 1.93. The zero-order valence-corrected chi connectivity index (χ0v) is 14.0. The molecule has 0 unspecified atom stereocenters. The van der Waals surface area contributed by atoms with E-state index in [-0.39, 0.29) is 11.9 Å². The number of fused-ring (bicyclic) bond motifs is 1. The normalized spacial score (nSPS) is 12.0. The third-order valence-corrected chi connectivity index (χ3v) is 4.04. The highest BCUT2D eigenvalue weighted by Gasteiger charge is 2.17. The number of benzene rings is 2. The lowest BCUT2D eigenvalue weighted by atomic mass is 10.0. The van der Waals surface area contributed by atoms with Crippen LogP contribution in [0.2, 0.25) is 0 Å². The number of rotatable bonds is 4. The molecule has 0 saturated heterocycles. The first-order valence-electron chi connectivity index (χ1n) is 7.90. The van der Waals surface area contributed by atoms with E-state index in [0.29, 0.717) is 5.56 Å². The van der Waals surface area contributed by atoms with E-state index < -0.39 is 0 Å². The van der Waals surface area contributed by atoms with E-state index in [1.54, 1.807) is 7.11 Å². The molecule has 2 aromatic carbocycles. The van der Waals surface area contributed by atoms with Gasteiger partial charge < -0.3 is 10.1 Å². The Morgan fingerprint density at radius 1 is 1.12 bits per heavy atom. The molecule has 0 saturated carbocycles. The monoisotopic (exact) mass is 320 g/mol. The molecule has 4 nitrogen and oxygen atoms in total. The molecule has 122 valence electrons. The van der Waals surface area contributed by atoms with Crippen LogP contribution < -0.4 is 10.1 Å². The molecule has 1 atom stereocenters. The van der Waals surface area contributed by atoms with Gasteiger partial charge in [-0.1, -0.05) is 36.4 Å². The zero-order chi connectivity index (χ0) is 17.1. The van der Waals surface area contributed by atoms with Crippen molar-refractivity contribution in [3.8, 4) is 5.75 Å². The molecule has 1 amide bonds. The maximum atomic E-state index is 12.8. The average Bonchev–Trinajstić information content (AvgIpc) is 2.60. The summed E-state index contributed by atoms with van der Waals surface area (Å²) in [5, 5.41) is 3.91. The van der Waals surface area contributed by atoms with Crippen LogP contribution in [0.5, 0.6) is 5.75 Å². The number of aryl methyl sites for hydroxylation is 1. The van der Waals surface area contributed by atoms with Gasteiger partial charge in [0.25, 0.3) is 5.91 Å². The summed E-state index contributed by atoms with van der Waals surface area (Å²) in [5.41, 5.74) is 3.24. The molecule has 24 heavy (non-hydrogen) atoms. The molecule has 3 aromatic rings. The van der Waals surface area contributed by atoms with Gasteiger partial charge >= 0.3 is 0 Å². The van der Waals surface area contributed by atoms with E-state index in [2.05, 4.69) is 10.3 Å². The predicted molar refractivity (Wildman–Crippen MR) is 95.4 cm³/mol. The SMILES string of the molecule is COc1ccccc1[C@H](C)NC(=O)c1cc(C)nc2ccccc12. The van der Waals surface area contributed by atoms with Gasteiger partial charge in [0.05, 0.1) is 24.2 Å². The summed E-state index contributed by atoms with van der Waals surface area (Å²) in [6, 6.07) is 17.0. The molecule has 3 rings (SSSR count). The second-order valence-corrected chi connectivity index (χ2v) is 5.77. The van der Waals surface area contributed by atoms with Gasteiger partial charge in [-0.15, -0.1) is 0 Å². The molecule has 0 aliphatic rings. The van der Waals surface area contributed by atoms with Gasteiger partial charge in [0.1, 0.15) is 5.75 Å². The van der Waals surface area contributed by atoms with Crippen molar-refractivity contribution in [2.45, 2.75) is 19.9 Å². The smallest absolute Gasteiger partial charge is 0.252 e. The van der Waals surface area contributed by atoms with Crippen molar-refractivity contribution in [3.05, 3.63) is 71.4 Å². The van der Waals surface area contributed by atoms with E-state index in [1.807, 2.05) is 68.4 Å². The third-order valence-electron chi connectivity index (χ3n) is 4.04. The molecule has 1 heterocycles. The van der Waals surface area contributed by atoms with Crippen molar-refractivity contribution in [1.82, 2.24) is 10.3 Å². The predicted octanol–water partition coefficient (Wildman–Crippen LogP) is 4.04. The van der Waals surface area contributed by atoms with Gasteiger partial charge in [0.15, 0.2) is 0 Å². The summed E-state index contributed by atoms with van der Waals surface area (Å²) in [6.45, 7) is 3.85. The lowest BCUT2D eigenvalue weighted by molar-refractivity contribution is 0.0941. The number of hydrogen-bond acceptors (Lipinski definition) is 3. The number of pyridine rings is 1. The fourth-order valence-corrected chi connectivity index (χ4v) is 2.87. The van der Waals surface area contributed by atoms with Crippen LogP contribution >= 0.6 is 0 Å². The number of nitrogens with zero attached hydrogens (tertiary/aromatic N) is 1. The van der Waals surface area contributed by atoms with Gasteiger partial charge in [0.2, 0.25) is 0 Å². The highest BCUT2D eigenvalue weighted by Crippen LogP contribution is 2.25. The molecule has 0 radical (unpaired) electrons. The van der Waals surface area contributed by atoms with Crippen molar-refractivity contribution in [2.75, 3.05) is 7.11 Å². The maximum Gasteiger partial charge on any atom is 0.252 e. The number of methoxy groups -OCH3 is 1. The summed E-state index contributed by atoms with van der Waals surface area (Å²) >= 11 is 0. The first-order chi connectivity index (χ1) is 11.6. The molecule has 0 aliphatic heterocycles. The fraction of sp³-hybridized carbons (Fsp3) is 0.200. The number of nitrogens with one attached hydrogen (secondary N) is 1. The molecular weight excluding hydrogens is 300 g/mol. The molecule has 0 fully saturated rings. The van der Waals surface area contributed by atoms with Gasteiger partial charge in [-0.3, -0.25) is 9.78 Å². The molecule has 0 spiro atoms. The zero-order valence-electron chi connectivity index (χ0n) is 14.0. The minimum Gasteiger partial charge on any atom is -0.496 e. The Labute approximate surface area is 141 Å². The van der Waals surface area contributed by atoms with E-state index in [1.165, 1.54) is 0 Å². The number of aromatic nitrogens is 1. The lowest BCUT2D eigenvalue weighted by Crippen LogP contribution is -2.27. The fourth-order valence-electron chi connectivity index (χ4n) is 2.87. The number of amides is 1. The molecule has 0 aliphatic carbocycles. The first-order valence-corrected chi connectivity index (χ1v) is 7.90. The maximum absolute atomic E-state index is 12.8. The van der Waals surface area contributed by atoms with Crippen LogP contribution in [0.1, 0.15) is 34.6 Å². The number of carbonyl (C=O) groups excluding carboxylic acids is 1. The van der Waals surface area contributed by atoms with Gasteiger partial charge in [-0.25, -0.2) is 0 Å². The van der Waals surface area contributed by atoms with Gasteiger partial charge in [-0.05, 0) is 32.0 Å². The van der Waals surface area contributed by atoms with E-state index in [4.69, 9.17) is 4.74 Å². The van der Waals surface area contributed by atoms with Crippen molar-refractivity contribution >= 4 is 16.8 Å². The van der Waals surface area contributed by atoms with Crippen LogP contribution in [0.4, 0.5) is 0 Å². The minimum atomic E-state index is -0.166. The highest BCUT2D eigenvalue weighted by molar-refractivity contribution is 6.06. The van der Waals surface area contributed by atoms with Crippen molar-refractivity contribution in [2.24, 2.45) is 0 Å². The van der Waals surface area contributed by atoms with Crippen LogP contribution in [0.15, 0.2) is 54.6 Å². The third kappa shape index (κ3) is 3.08. The average molecular weight is 320 g/mol. The lowest BCUT2D eigenvalue weighted by Gasteiger charge is -2.18. The van der Waals surface area contributed by atoms with E-state index >= 15 is 0 Å². The Morgan fingerprint density at radius 3 is 2.62 bits per heavy atom. The topological polar surface area (TPSA) is 51.2 Å². The Kier molecular flexibility index (Phi) is 4.47. The van der Waals surface area contributed by atoms with Crippen LogP contribution in [0.3, 0.4) is 0 Å². The van der Waals surface area contributed by atoms with Crippen molar-refractivity contribution in [3.63, 3.8) is 0 Å². The van der Waals surface area contributed by atoms with E-state index in [0.717, 1.165) is 27.9 Å². The summed E-state index contributed by atoms with van der Waals surface area (Å²) in [4.78, 5) is 17.3. The van der Waals surface area contributed by atoms with E-state index in [9.17, 15) is 4.79 Å². The number of carbonyl (C=O) groups is 1. The number of hydrogen-bond donors (Lipinski definition) is 1. The second-order valence-electron chi connectivity index (χ2n) is 5.77. The van der Waals surface area contributed by atoms with Crippen molar-refractivity contribution < 1.29 is 9.53 Å². The Morgan fingerprint density at radius 2 is 1.83 bits per heavy atom. The second kappa shape index (κ2) is 6.71. The van der Waals surface area contributed by atoms with Crippen LogP contribution in [0.25, 0.3) is 10.9 Å². The Hall–Kier alpha value is -2.88. The van der Waals surface area contributed by atoms with Gasteiger partial charge in [-0.2, -0.15) is 0 Å². The summed E-state index contributed by atoms with van der Waals surface area (Å²) in [6.07, 6.45) is 0. The quantitative estimate of drug-likeness (QED) is 0.789. The largest absolute Gasteiger partial charge is 0.496 e. The highest BCUT2D eigenvalue weighted by atomic mass is 16.5. The van der Waals surface area contributed by atoms with Gasteiger partial charge in [0, 0.05) is 16.6 Å². The number of ether oxygens (including phenoxy) is 1. The molecule has 1 aromatic heterocycles. The molecule has 4 heteroatoms. The summed E-state index contributed by atoms with van der Waals surface area (Å²) < 4.78 is 5.38. The minimum absolute atomic E-state index is 0.116. The molecular formula is C20H20N2O2. The number of para-hydroxylation sites is 2. The van der Waals surface area contributed by atoms with Crippen LogP contribution in [-0.4, -0.2) is 18.0 Å². The summed E-state index contributed by atoms with van der Waals surface area (Å²) in [5.74, 6) is 0.649. The standard InChI is InChI=1S/C20H20N2O2/c1-13-12-17(16-9-4-6-10-18(16)21-13)20(23)22-14(2)15-8-5-7-11-19(15)24-3/h4-12,14H,1-3H3,(H,22,23)/t14-/m0/s1. The molecule has 0 bridgehead atoms.